The third-order valence-corrected chi connectivity index (χ3v) is 6.81. The summed E-state index contributed by atoms with van der Waals surface area (Å²) in [6, 6.07) is 13.4. The molecule has 0 saturated heterocycles. The van der Waals surface area contributed by atoms with E-state index in [9.17, 15) is 18.0 Å². The van der Waals surface area contributed by atoms with Crippen molar-refractivity contribution in [2.45, 2.75) is 25.3 Å². The van der Waals surface area contributed by atoms with Gasteiger partial charge in [0, 0.05) is 26.7 Å². The van der Waals surface area contributed by atoms with Crippen LogP contribution >= 0.6 is 0 Å². The average molecular weight is 449 g/mol. The molecular formula is C22H28N2O6S. The first-order valence-corrected chi connectivity index (χ1v) is 11.3. The van der Waals surface area contributed by atoms with Crippen molar-refractivity contribution in [1.82, 2.24) is 9.21 Å². The molecule has 31 heavy (non-hydrogen) atoms. The Morgan fingerprint density at radius 1 is 1.00 bits per heavy atom. The first-order chi connectivity index (χ1) is 14.7. The van der Waals surface area contributed by atoms with Crippen LogP contribution in [0.3, 0.4) is 0 Å². The quantitative estimate of drug-likeness (QED) is 0.519. The summed E-state index contributed by atoms with van der Waals surface area (Å²) in [5.74, 6) is -1.04. The van der Waals surface area contributed by atoms with Gasteiger partial charge in [0.2, 0.25) is 10.0 Å². The number of ether oxygens (including phenoxy) is 2. The third kappa shape index (κ3) is 6.05. The Kier molecular flexibility index (Phi) is 8.58. The van der Waals surface area contributed by atoms with E-state index >= 15 is 0 Å². The number of hydrogen-bond acceptors (Lipinski definition) is 6. The minimum Gasteiger partial charge on any atom is -0.495 e. The van der Waals surface area contributed by atoms with Crippen LogP contribution in [-0.4, -0.2) is 63.4 Å². The second-order valence-corrected chi connectivity index (χ2v) is 8.67. The standard InChI is InChI=1S/C22H28N2O6S/c1-5-24(6-2)31(27,28)20-14-18(12-13-19(20)29-4)22(26)30-16-21(25)23(3)15-17-10-8-7-9-11-17/h7-14H,5-6,15-16H2,1-4H3. The molecule has 0 atom stereocenters. The zero-order chi connectivity index (χ0) is 23.0. The summed E-state index contributed by atoms with van der Waals surface area (Å²) in [6.45, 7) is 3.93. The number of rotatable bonds is 10. The van der Waals surface area contributed by atoms with Crippen molar-refractivity contribution < 1.29 is 27.5 Å². The van der Waals surface area contributed by atoms with Crippen LogP contribution in [0.25, 0.3) is 0 Å². The molecule has 0 aliphatic carbocycles. The van der Waals surface area contributed by atoms with Crippen LogP contribution in [0, 0.1) is 0 Å². The lowest BCUT2D eigenvalue weighted by molar-refractivity contribution is -0.133. The molecule has 0 spiro atoms. The van der Waals surface area contributed by atoms with Crippen molar-refractivity contribution in [3.05, 3.63) is 59.7 Å². The number of hydrogen-bond donors (Lipinski definition) is 0. The fourth-order valence-corrected chi connectivity index (χ4v) is 4.61. The maximum absolute atomic E-state index is 12.9. The summed E-state index contributed by atoms with van der Waals surface area (Å²) in [7, 11) is -0.881. The maximum Gasteiger partial charge on any atom is 0.338 e. The van der Waals surface area contributed by atoms with Crippen LogP contribution < -0.4 is 4.74 Å². The number of amides is 1. The van der Waals surface area contributed by atoms with Crippen molar-refractivity contribution >= 4 is 21.9 Å². The monoisotopic (exact) mass is 448 g/mol. The molecule has 1 amide bonds. The average Bonchev–Trinajstić information content (AvgIpc) is 2.78. The second kappa shape index (κ2) is 10.9. The highest BCUT2D eigenvalue weighted by atomic mass is 32.2. The smallest absolute Gasteiger partial charge is 0.338 e. The largest absolute Gasteiger partial charge is 0.495 e. The first-order valence-electron chi connectivity index (χ1n) is 9.87. The van der Waals surface area contributed by atoms with Crippen LogP contribution in [0.2, 0.25) is 0 Å². The summed E-state index contributed by atoms with van der Waals surface area (Å²) in [5, 5.41) is 0. The Morgan fingerprint density at radius 2 is 1.65 bits per heavy atom. The van der Waals surface area contributed by atoms with Crippen LogP contribution in [0.5, 0.6) is 5.75 Å². The predicted molar refractivity (Wildman–Crippen MR) is 116 cm³/mol. The molecule has 0 fully saturated rings. The van der Waals surface area contributed by atoms with Gasteiger partial charge in [-0.1, -0.05) is 44.2 Å². The van der Waals surface area contributed by atoms with E-state index in [1.807, 2.05) is 30.3 Å². The predicted octanol–water partition coefficient (Wildman–Crippen LogP) is 2.54. The van der Waals surface area contributed by atoms with Gasteiger partial charge in [-0.15, -0.1) is 0 Å². The Labute approximate surface area is 183 Å². The van der Waals surface area contributed by atoms with Crippen LogP contribution in [-0.2, 0) is 26.1 Å². The molecule has 0 aromatic heterocycles. The molecule has 0 saturated carbocycles. The molecule has 0 aliphatic rings. The molecule has 2 rings (SSSR count). The number of esters is 1. The van der Waals surface area contributed by atoms with E-state index in [1.165, 1.54) is 34.5 Å². The molecule has 168 valence electrons. The van der Waals surface area contributed by atoms with E-state index in [1.54, 1.807) is 20.9 Å². The number of nitrogens with zero attached hydrogens (tertiary/aromatic N) is 2. The fourth-order valence-electron chi connectivity index (χ4n) is 2.97. The van der Waals surface area contributed by atoms with Crippen molar-refractivity contribution in [3.63, 3.8) is 0 Å². The van der Waals surface area contributed by atoms with Crippen LogP contribution in [0.4, 0.5) is 0 Å². The van der Waals surface area contributed by atoms with Crippen LogP contribution in [0.15, 0.2) is 53.4 Å². The van der Waals surface area contributed by atoms with Gasteiger partial charge in [-0.3, -0.25) is 4.79 Å². The lowest BCUT2D eigenvalue weighted by Gasteiger charge is -2.20. The fraction of sp³-hybridized carbons (Fsp3) is 0.364. The first kappa shape index (κ1) is 24.4. The number of carbonyl (C=O) groups excluding carboxylic acids is 2. The van der Waals surface area contributed by atoms with Crippen molar-refractivity contribution in [1.29, 1.82) is 0 Å². The molecule has 0 aliphatic heterocycles. The normalized spacial score (nSPS) is 11.3. The van der Waals surface area contributed by atoms with E-state index < -0.39 is 22.6 Å². The molecule has 9 heteroatoms. The van der Waals surface area contributed by atoms with Crippen LogP contribution in [0.1, 0.15) is 29.8 Å². The zero-order valence-electron chi connectivity index (χ0n) is 18.2. The Hall–Kier alpha value is -2.91. The van der Waals surface area contributed by atoms with E-state index in [0.717, 1.165) is 5.56 Å². The van der Waals surface area contributed by atoms with Gasteiger partial charge in [0.1, 0.15) is 10.6 Å². The van der Waals surface area contributed by atoms with Gasteiger partial charge < -0.3 is 14.4 Å². The van der Waals surface area contributed by atoms with Gasteiger partial charge in [0.25, 0.3) is 5.91 Å². The molecule has 0 radical (unpaired) electrons. The molecule has 2 aromatic carbocycles. The molecule has 2 aromatic rings. The van der Waals surface area contributed by atoms with E-state index in [-0.39, 0.29) is 35.2 Å². The van der Waals surface area contributed by atoms with Gasteiger partial charge in [0.05, 0.1) is 12.7 Å². The Morgan fingerprint density at radius 3 is 2.23 bits per heavy atom. The number of methoxy groups -OCH3 is 1. The third-order valence-electron chi connectivity index (χ3n) is 4.74. The summed E-state index contributed by atoms with van der Waals surface area (Å²) in [5.41, 5.74) is 0.969. The summed E-state index contributed by atoms with van der Waals surface area (Å²) in [4.78, 5) is 26.1. The molecule has 0 heterocycles. The number of likely N-dealkylation sites (N-methyl/N-ethyl adjacent to an activating group) is 1. The van der Waals surface area contributed by atoms with Gasteiger partial charge in [-0.25, -0.2) is 13.2 Å². The van der Waals surface area contributed by atoms with E-state index in [0.29, 0.717) is 6.54 Å². The molecular weight excluding hydrogens is 420 g/mol. The topological polar surface area (TPSA) is 93.2 Å². The van der Waals surface area contributed by atoms with E-state index in [2.05, 4.69) is 0 Å². The molecule has 0 unspecified atom stereocenters. The number of sulfonamides is 1. The summed E-state index contributed by atoms with van der Waals surface area (Å²) < 4.78 is 37.4. The number of benzene rings is 2. The maximum atomic E-state index is 12.9. The highest BCUT2D eigenvalue weighted by molar-refractivity contribution is 7.89. The Bertz CT molecular complexity index is 1000. The lowest BCUT2D eigenvalue weighted by atomic mass is 10.2. The van der Waals surface area contributed by atoms with Gasteiger partial charge in [-0.05, 0) is 23.8 Å². The van der Waals surface area contributed by atoms with E-state index in [4.69, 9.17) is 9.47 Å². The van der Waals surface area contributed by atoms with Crippen molar-refractivity contribution in [3.8, 4) is 5.75 Å². The molecule has 8 nitrogen and oxygen atoms in total. The highest BCUT2D eigenvalue weighted by Crippen LogP contribution is 2.28. The second-order valence-electron chi connectivity index (χ2n) is 6.77. The number of carbonyl (C=O) groups is 2. The van der Waals surface area contributed by atoms with Gasteiger partial charge in [0.15, 0.2) is 6.61 Å². The lowest BCUT2D eigenvalue weighted by Crippen LogP contribution is -2.31. The molecule has 0 N–H and O–H groups in total. The Balaban J connectivity index is 2.12. The summed E-state index contributed by atoms with van der Waals surface area (Å²) >= 11 is 0. The SMILES string of the molecule is CCN(CC)S(=O)(=O)c1cc(C(=O)OCC(=O)N(C)Cc2ccccc2)ccc1OC. The minimum absolute atomic E-state index is 0.0186. The summed E-state index contributed by atoms with van der Waals surface area (Å²) in [6.07, 6.45) is 0. The van der Waals surface area contributed by atoms with Gasteiger partial charge >= 0.3 is 5.97 Å². The van der Waals surface area contributed by atoms with Gasteiger partial charge in [-0.2, -0.15) is 4.31 Å². The molecule has 0 bridgehead atoms. The highest BCUT2D eigenvalue weighted by Gasteiger charge is 2.27. The minimum atomic E-state index is -3.85. The van der Waals surface area contributed by atoms with Crippen molar-refractivity contribution in [2.24, 2.45) is 0 Å². The van der Waals surface area contributed by atoms with Crippen molar-refractivity contribution in [2.75, 3.05) is 33.9 Å². The zero-order valence-corrected chi connectivity index (χ0v) is 19.0.